The van der Waals surface area contributed by atoms with E-state index in [1.807, 2.05) is 0 Å². The Bertz CT molecular complexity index is 167. The summed E-state index contributed by atoms with van der Waals surface area (Å²) in [6.07, 6.45) is 5.24. The van der Waals surface area contributed by atoms with Crippen LogP contribution in [0.5, 0.6) is 0 Å². The van der Waals surface area contributed by atoms with Gasteiger partial charge >= 0.3 is 0 Å². The molecule has 1 heterocycles. The highest BCUT2D eigenvalue weighted by Gasteiger charge is 2.23. The van der Waals surface area contributed by atoms with Crippen molar-refractivity contribution in [2.24, 2.45) is 0 Å². The fourth-order valence-electron chi connectivity index (χ4n) is 2.03. The van der Waals surface area contributed by atoms with Gasteiger partial charge in [-0.25, -0.2) is 0 Å². The van der Waals surface area contributed by atoms with Gasteiger partial charge in [0, 0.05) is 19.3 Å². The molecule has 1 rings (SSSR count). The Morgan fingerprint density at radius 3 is 2.64 bits per heavy atom. The Kier molecular flexibility index (Phi) is 5.12. The van der Waals surface area contributed by atoms with Crippen molar-refractivity contribution in [3.63, 3.8) is 0 Å². The third kappa shape index (κ3) is 3.07. The minimum absolute atomic E-state index is 0.100. The van der Waals surface area contributed by atoms with Gasteiger partial charge in [0.1, 0.15) is 6.29 Å². The van der Waals surface area contributed by atoms with Gasteiger partial charge in [0.25, 0.3) is 0 Å². The highest BCUT2D eigenvalue weighted by atomic mass is 16.5. The molecule has 0 amide bonds. The second-order valence-corrected chi connectivity index (χ2v) is 4.00. The molecular weight excluding hydrogens is 178 g/mol. The van der Waals surface area contributed by atoms with Gasteiger partial charge in [-0.2, -0.15) is 0 Å². The van der Waals surface area contributed by atoms with Crippen LogP contribution in [0, 0.1) is 0 Å². The first-order chi connectivity index (χ1) is 6.79. The van der Waals surface area contributed by atoms with E-state index in [4.69, 9.17) is 4.74 Å². The summed E-state index contributed by atoms with van der Waals surface area (Å²) in [5.41, 5.74) is 0. The molecule has 1 fully saturated rings. The number of carbonyl (C=O) groups excluding carboxylic acids is 1. The van der Waals surface area contributed by atoms with Crippen molar-refractivity contribution in [1.29, 1.82) is 0 Å². The van der Waals surface area contributed by atoms with E-state index in [-0.39, 0.29) is 6.04 Å². The molecule has 0 aromatic carbocycles. The van der Waals surface area contributed by atoms with E-state index in [2.05, 4.69) is 18.9 Å². The fourth-order valence-corrected chi connectivity index (χ4v) is 2.03. The highest BCUT2D eigenvalue weighted by Crippen LogP contribution is 2.16. The Morgan fingerprint density at radius 1 is 1.50 bits per heavy atom. The van der Waals surface area contributed by atoms with Crippen LogP contribution in [-0.4, -0.2) is 43.5 Å². The lowest BCUT2D eigenvalue weighted by molar-refractivity contribution is -0.113. The average molecular weight is 199 g/mol. The van der Waals surface area contributed by atoms with Gasteiger partial charge in [0.2, 0.25) is 0 Å². The molecular formula is C11H21NO2. The first-order valence-electron chi connectivity index (χ1n) is 5.54. The summed E-state index contributed by atoms with van der Waals surface area (Å²) in [5, 5.41) is 0. The Labute approximate surface area is 86.4 Å². The maximum atomic E-state index is 10.9. The number of hydrogen-bond donors (Lipinski definition) is 0. The quantitative estimate of drug-likeness (QED) is 0.628. The molecule has 0 bridgehead atoms. The number of nitrogens with zero attached hydrogens (tertiary/aromatic N) is 1. The van der Waals surface area contributed by atoms with Gasteiger partial charge in [0.15, 0.2) is 0 Å². The second-order valence-electron chi connectivity index (χ2n) is 4.00. The third-order valence-electron chi connectivity index (χ3n) is 3.03. The van der Waals surface area contributed by atoms with Gasteiger partial charge in [-0.3, -0.25) is 4.90 Å². The zero-order valence-corrected chi connectivity index (χ0v) is 9.24. The number of ether oxygens (including phenoxy) is 1. The Morgan fingerprint density at radius 2 is 2.14 bits per heavy atom. The molecule has 0 aromatic heterocycles. The van der Waals surface area contributed by atoms with Crippen LogP contribution in [0.25, 0.3) is 0 Å². The minimum Gasteiger partial charge on any atom is -0.381 e. The first kappa shape index (κ1) is 11.7. The molecule has 82 valence electrons. The highest BCUT2D eigenvalue weighted by molar-refractivity contribution is 5.57. The molecule has 1 aliphatic rings. The molecule has 1 saturated heterocycles. The maximum absolute atomic E-state index is 10.9. The Balaban J connectivity index is 2.42. The fraction of sp³-hybridized carbons (Fsp3) is 0.909. The van der Waals surface area contributed by atoms with Crippen LogP contribution in [0.15, 0.2) is 0 Å². The molecule has 3 nitrogen and oxygen atoms in total. The third-order valence-corrected chi connectivity index (χ3v) is 3.03. The van der Waals surface area contributed by atoms with E-state index in [1.165, 1.54) is 0 Å². The van der Waals surface area contributed by atoms with Crippen molar-refractivity contribution in [3.8, 4) is 0 Å². The van der Waals surface area contributed by atoms with E-state index in [1.54, 1.807) is 0 Å². The van der Waals surface area contributed by atoms with Gasteiger partial charge in [-0.1, -0.05) is 13.3 Å². The molecule has 0 radical (unpaired) electrons. The van der Waals surface area contributed by atoms with Gasteiger partial charge in [-0.05, 0) is 26.3 Å². The standard InChI is InChI=1S/C11H21NO2/c1-3-4-11(9-13)12(2)10-5-7-14-8-6-10/h9-11H,3-8H2,1-2H3. The van der Waals surface area contributed by atoms with Crippen LogP contribution in [0.2, 0.25) is 0 Å². The molecule has 0 N–H and O–H groups in total. The van der Waals surface area contributed by atoms with Gasteiger partial charge < -0.3 is 9.53 Å². The van der Waals surface area contributed by atoms with Crippen molar-refractivity contribution >= 4 is 6.29 Å². The largest absolute Gasteiger partial charge is 0.381 e. The summed E-state index contributed by atoms with van der Waals surface area (Å²) in [7, 11) is 2.06. The number of hydrogen-bond acceptors (Lipinski definition) is 3. The SMILES string of the molecule is CCCC(C=O)N(C)C1CCOCC1. The summed E-state index contributed by atoms with van der Waals surface area (Å²) in [6.45, 7) is 3.80. The van der Waals surface area contributed by atoms with Crippen LogP contribution in [-0.2, 0) is 9.53 Å². The average Bonchev–Trinajstić information content (AvgIpc) is 2.26. The van der Waals surface area contributed by atoms with E-state index in [0.717, 1.165) is 45.2 Å². The molecule has 0 aromatic rings. The van der Waals surface area contributed by atoms with Gasteiger partial charge in [-0.15, -0.1) is 0 Å². The summed E-state index contributed by atoms with van der Waals surface area (Å²) < 4.78 is 5.31. The molecule has 0 spiro atoms. The van der Waals surface area contributed by atoms with E-state index in [0.29, 0.717) is 6.04 Å². The summed E-state index contributed by atoms with van der Waals surface area (Å²) in [5.74, 6) is 0. The Hall–Kier alpha value is -0.410. The molecule has 0 aliphatic carbocycles. The molecule has 3 heteroatoms. The summed E-state index contributed by atoms with van der Waals surface area (Å²) in [4.78, 5) is 13.1. The van der Waals surface area contributed by atoms with Crippen molar-refractivity contribution in [3.05, 3.63) is 0 Å². The van der Waals surface area contributed by atoms with E-state index in [9.17, 15) is 4.79 Å². The summed E-state index contributed by atoms with van der Waals surface area (Å²) in [6, 6.07) is 0.633. The molecule has 14 heavy (non-hydrogen) atoms. The van der Waals surface area contributed by atoms with Crippen LogP contribution >= 0.6 is 0 Å². The minimum atomic E-state index is 0.100. The van der Waals surface area contributed by atoms with Gasteiger partial charge in [0.05, 0.1) is 6.04 Å². The number of rotatable bonds is 5. The number of carbonyl (C=O) groups is 1. The van der Waals surface area contributed by atoms with E-state index < -0.39 is 0 Å². The predicted octanol–water partition coefficient (Wildman–Crippen LogP) is 1.46. The van der Waals surface area contributed by atoms with E-state index >= 15 is 0 Å². The maximum Gasteiger partial charge on any atom is 0.137 e. The second kappa shape index (κ2) is 6.14. The molecule has 1 atom stereocenters. The topological polar surface area (TPSA) is 29.5 Å². The smallest absolute Gasteiger partial charge is 0.137 e. The van der Waals surface area contributed by atoms with Crippen LogP contribution < -0.4 is 0 Å². The zero-order valence-electron chi connectivity index (χ0n) is 9.24. The van der Waals surface area contributed by atoms with Crippen molar-refractivity contribution < 1.29 is 9.53 Å². The molecule has 0 saturated carbocycles. The van der Waals surface area contributed by atoms with Crippen molar-refractivity contribution in [2.75, 3.05) is 20.3 Å². The van der Waals surface area contributed by atoms with Crippen molar-refractivity contribution in [1.82, 2.24) is 4.90 Å². The molecule has 1 unspecified atom stereocenters. The lowest BCUT2D eigenvalue weighted by Crippen LogP contribution is -2.43. The van der Waals surface area contributed by atoms with Crippen LogP contribution in [0.1, 0.15) is 32.6 Å². The number of aldehydes is 1. The zero-order chi connectivity index (χ0) is 10.4. The molecule has 1 aliphatic heterocycles. The summed E-state index contributed by atoms with van der Waals surface area (Å²) >= 11 is 0. The number of likely N-dealkylation sites (N-methyl/N-ethyl adjacent to an activating group) is 1. The monoisotopic (exact) mass is 199 g/mol. The van der Waals surface area contributed by atoms with Crippen LogP contribution in [0.3, 0.4) is 0 Å². The predicted molar refractivity (Wildman–Crippen MR) is 56.4 cm³/mol. The lowest BCUT2D eigenvalue weighted by atomic mass is 10.0. The van der Waals surface area contributed by atoms with Crippen LogP contribution in [0.4, 0.5) is 0 Å². The normalized spacial score (nSPS) is 21.1. The lowest BCUT2D eigenvalue weighted by Gasteiger charge is -2.34. The first-order valence-corrected chi connectivity index (χ1v) is 5.54. The van der Waals surface area contributed by atoms with Crippen molar-refractivity contribution in [2.45, 2.75) is 44.7 Å².